The molecule has 1 fully saturated rings. The zero-order valence-corrected chi connectivity index (χ0v) is 10.6. The van der Waals surface area contributed by atoms with Gasteiger partial charge in [-0.15, -0.1) is 0 Å². The van der Waals surface area contributed by atoms with Crippen molar-refractivity contribution in [1.29, 1.82) is 0 Å². The summed E-state index contributed by atoms with van der Waals surface area (Å²) in [5.41, 5.74) is 5.09. The van der Waals surface area contributed by atoms with Gasteiger partial charge in [0.2, 0.25) is 5.91 Å². The van der Waals surface area contributed by atoms with E-state index in [0.717, 1.165) is 17.5 Å². The summed E-state index contributed by atoms with van der Waals surface area (Å²) >= 11 is 0. The zero-order valence-electron chi connectivity index (χ0n) is 10.6. The van der Waals surface area contributed by atoms with Gasteiger partial charge in [0.15, 0.2) is 0 Å². The van der Waals surface area contributed by atoms with Crippen LogP contribution in [-0.2, 0) is 4.79 Å². The SMILES string of the molecule is CNc1cc(NCCCC(N)=O)nc(C2CC2)n1. The van der Waals surface area contributed by atoms with Gasteiger partial charge in [0, 0.05) is 32.0 Å². The van der Waals surface area contributed by atoms with Crippen LogP contribution in [0.2, 0.25) is 0 Å². The first-order valence-electron chi connectivity index (χ1n) is 6.28. The first kappa shape index (κ1) is 12.6. The Kier molecular flexibility index (Phi) is 3.96. The molecule has 98 valence electrons. The van der Waals surface area contributed by atoms with E-state index in [0.29, 0.717) is 25.3 Å². The molecule has 6 nitrogen and oxygen atoms in total. The number of nitrogens with one attached hydrogen (secondary N) is 2. The van der Waals surface area contributed by atoms with Crippen LogP contribution < -0.4 is 16.4 Å². The summed E-state index contributed by atoms with van der Waals surface area (Å²) in [7, 11) is 1.84. The van der Waals surface area contributed by atoms with E-state index in [4.69, 9.17) is 5.73 Å². The summed E-state index contributed by atoms with van der Waals surface area (Å²) in [5, 5.41) is 6.23. The molecule has 0 atom stereocenters. The molecule has 1 aromatic heterocycles. The quantitative estimate of drug-likeness (QED) is 0.629. The number of carbonyl (C=O) groups is 1. The van der Waals surface area contributed by atoms with Crippen molar-refractivity contribution >= 4 is 17.5 Å². The summed E-state index contributed by atoms with van der Waals surface area (Å²) in [4.78, 5) is 19.5. The molecule has 2 rings (SSSR count). The summed E-state index contributed by atoms with van der Waals surface area (Å²) < 4.78 is 0. The lowest BCUT2D eigenvalue weighted by molar-refractivity contribution is -0.118. The minimum Gasteiger partial charge on any atom is -0.373 e. The topological polar surface area (TPSA) is 92.9 Å². The van der Waals surface area contributed by atoms with Crippen LogP contribution >= 0.6 is 0 Å². The highest BCUT2D eigenvalue weighted by molar-refractivity contribution is 5.73. The van der Waals surface area contributed by atoms with Gasteiger partial charge >= 0.3 is 0 Å². The van der Waals surface area contributed by atoms with Crippen LogP contribution in [0.25, 0.3) is 0 Å². The first-order valence-corrected chi connectivity index (χ1v) is 6.28. The third-order valence-electron chi connectivity index (χ3n) is 2.85. The van der Waals surface area contributed by atoms with E-state index in [9.17, 15) is 4.79 Å². The Labute approximate surface area is 106 Å². The smallest absolute Gasteiger partial charge is 0.217 e. The number of carbonyl (C=O) groups excluding carboxylic acids is 1. The van der Waals surface area contributed by atoms with Crippen LogP contribution in [0.1, 0.15) is 37.4 Å². The van der Waals surface area contributed by atoms with Gasteiger partial charge in [-0.2, -0.15) is 0 Å². The molecule has 0 aliphatic heterocycles. The van der Waals surface area contributed by atoms with E-state index in [-0.39, 0.29) is 5.91 Å². The molecule has 18 heavy (non-hydrogen) atoms. The largest absolute Gasteiger partial charge is 0.373 e. The van der Waals surface area contributed by atoms with Gasteiger partial charge in [-0.3, -0.25) is 4.79 Å². The Bertz CT molecular complexity index is 430. The number of anilines is 2. The van der Waals surface area contributed by atoms with Gasteiger partial charge in [-0.05, 0) is 19.3 Å². The lowest BCUT2D eigenvalue weighted by Crippen LogP contribution is -2.13. The number of nitrogens with zero attached hydrogens (tertiary/aromatic N) is 2. The monoisotopic (exact) mass is 249 g/mol. The van der Waals surface area contributed by atoms with Gasteiger partial charge in [0.1, 0.15) is 17.5 Å². The number of nitrogens with two attached hydrogens (primary N) is 1. The number of amides is 1. The number of rotatable bonds is 7. The molecule has 1 amide bonds. The van der Waals surface area contributed by atoms with Gasteiger partial charge in [-0.25, -0.2) is 9.97 Å². The average molecular weight is 249 g/mol. The number of aromatic nitrogens is 2. The van der Waals surface area contributed by atoms with Crippen molar-refractivity contribution in [3.8, 4) is 0 Å². The molecule has 1 aliphatic carbocycles. The first-order chi connectivity index (χ1) is 8.69. The zero-order chi connectivity index (χ0) is 13.0. The number of primary amides is 1. The van der Waals surface area contributed by atoms with Crippen molar-refractivity contribution in [2.75, 3.05) is 24.2 Å². The lowest BCUT2D eigenvalue weighted by atomic mass is 10.3. The average Bonchev–Trinajstić information content (AvgIpc) is 3.18. The Balaban J connectivity index is 1.93. The standard InChI is InChI=1S/C12H19N5O/c1-14-10-7-11(15-6-2-3-9(13)18)17-12(16-10)8-4-5-8/h7-8H,2-6H2,1H3,(H2,13,18)(H2,14,15,16,17). The number of hydrogen-bond acceptors (Lipinski definition) is 5. The van der Waals surface area contributed by atoms with Crippen LogP contribution in [0, 0.1) is 0 Å². The molecule has 0 radical (unpaired) electrons. The molecule has 0 bridgehead atoms. The highest BCUT2D eigenvalue weighted by atomic mass is 16.1. The molecule has 1 aliphatic rings. The van der Waals surface area contributed by atoms with E-state index in [1.807, 2.05) is 13.1 Å². The fourth-order valence-corrected chi connectivity index (χ4v) is 1.69. The molecule has 0 unspecified atom stereocenters. The van der Waals surface area contributed by atoms with Gasteiger partial charge in [0.25, 0.3) is 0 Å². The molecule has 1 heterocycles. The molecule has 0 aromatic carbocycles. The third kappa shape index (κ3) is 3.58. The van der Waals surface area contributed by atoms with Crippen molar-refractivity contribution in [3.05, 3.63) is 11.9 Å². The highest BCUT2D eigenvalue weighted by Gasteiger charge is 2.27. The summed E-state index contributed by atoms with van der Waals surface area (Å²) in [5.74, 6) is 2.78. The molecule has 1 saturated carbocycles. The van der Waals surface area contributed by atoms with E-state index in [1.165, 1.54) is 12.8 Å². The van der Waals surface area contributed by atoms with Crippen LogP contribution in [0.15, 0.2) is 6.07 Å². The summed E-state index contributed by atoms with van der Waals surface area (Å²) in [6.07, 6.45) is 3.46. The van der Waals surface area contributed by atoms with Crippen molar-refractivity contribution in [2.45, 2.75) is 31.6 Å². The summed E-state index contributed by atoms with van der Waals surface area (Å²) in [6.45, 7) is 0.688. The van der Waals surface area contributed by atoms with Crippen LogP contribution in [0.4, 0.5) is 11.6 Å². The maximum atomic E-state index is 10.6. The van der Waals surface area contributed by atoms with Crippen LogP contribution in [-0.4, -0.2) is 29.5 Å². The van der Waals surface area contributed by atoms with E-state index in [2.05, 4.69) is 20.6 Å². The highest BCUT2D eigenvalue weighted by Crippen LogP contribution is 2.38. The van der Waals surface area contributed by atoms with Gasteiger partial charge < -0.3 is 16.4 Å². The van der Waals surface area contributed by atoms with Crippen molar-refractivity contribution in [3.63, 3.8) is 0 Å². The van der Waals surface area contributed by atoms with Crippen LogP contribution in [0.5, 0.6) is 0 Å². The van der Waals surface area contributed by atoms with Crippen molar-refractivity contribution < 1.29 is 4.79 Å². The number of hydrogen-bond donors (Lipinski definition) is 3. The van der Waals surface area contributed by atoms with Crippen molar-refractivity contribution in [1.82, 2.24) is 9.97 Å². The van der Waals surface area contributed by atoms with E-state index >= 15 is 0 Å². The van der Waals surface area contributed by atoms with E-state index in [1.54, 1.807) is 0 Å². The second-order valence-electron chi connectivity index (χ2n) is 4.52. The Morgan fingerprint density at radius 2 is 2.17 bits per heavy atom. The molecule has 0 spiro atoms. The molecular weight excluding hydrogens is 230 g/mol. The molecule has 0 saturated heterocycles. The van der Waals surface area contributed by atoms with Crippen molar-refractivity contribution in [2.24, 2.45) is 5.73 Å². The molecule has 6 heteroatoms. The minimum absolute atomic E-state index is 0.269. The molecule has 1 aromatic rings. The second kappa shape index (κ2) is 5.66. The van der Waals surface area contributed by atoms with Gasteiger partial charge in [0.05, 0.1) is 0 Å². The predicted molar refractivity (Wildman–Crippen MR) is 70.5 cm³/mol. The normalized spacial score (nSPS) is 14.3. The third-order valence-corrected chi connectivity index (χ3v) is 2.85. The second-order valence-corrected chi connectivity index (χ2v) is 4.52. The Hall–Kier alpha value is -1.85. The predicted octanol–water partition coefficient (Wildman–Crippen LogP) is 1.07. The van der Waals surface area contributed by atoms with Crippen LogP contribution in [0.3, 0.4) is 0 Å². The fourth-order valence-electron chi connectivity index (χ4n) is 1.69. The maximum absolute atomic E-state index is 10.6. The molecule has 4 N–H and O–H groups in total. The molecular formula is C12H19N5O. The lowest BCUT2D eigenvalue weighted by Gasteiger charge is -2.09. The Morgan fingerprint density at radius 3 is 2.78 bits per heavy atom. The Morgan fingerprint density at radius 1 is 1.44 bits per heavy atom. The fraction of sp³-hybridized carbons (Fsp3) is 0.583. The summed E-state index contributed by atoms with van der Waals surface area (Å²) in [6, 6.07) is 1.87. The maximum Gasteiger partial charge on any atom is 0.217 e. The van der Waals surface area contributed by atoms with E-state index < -0.39 is 0 Å². The van der Waals surface area contributed by atoms with Gasteiger partial charge in [-0.1, -0.05) is 0 Å². The minimum atomic E-state index is -0.269.